The summed E-state index contributed by atoms with van der Waals surface area (Å²) in [5, 5.41) is 5.22. The minimum Gasteiger partial charge on any atom is -0.309 e. The largest absolute Gasteiger partial charge is 0.309 e. The van der Waals surface area contributed by atoms with E-state index < -0.39 is 0 Å². The highest BCUT2D eigenvalue weighted by molar-refractivity contribution is 7.18. The van der Waals surface area contributed by atoms with Crippen LogP contribution in [0.2, 0.25) is 5.02 Å². The van der Waals surface area contributed by atoms with E-state index in [1.54, 1.807) is 28.4 Å². The molecule has 30 heavy (non-hydrogen) atoms. The van der Waals surface area contributed by atoms with Crippen LogP contribution >= 0.6 is 22.9 Å². The fourth-order valence-electron chi connectivity index (χ4n) is 4.05. The highest BCUT2D eigenvalue weighted by Crippen LogP contribution is 2.33. The van der Waals surface area contributed by atoms with Crippen molar-refractivity contribution < 1.29 is 0 Å². The maximum absolute atomic E-state index is 13.2. The lowest BCUT2D eigenvalue weighted by molar-refractivity contribution is 0.463. The second-order valence-electron chi connectivity index (χ2n) is 7.59. The molecule has 5 rings (SSSR count). The summed E-state index contributed by atoms with van der Waals surface area (Å²) in [6.45, 7) is 1.19. The predicted molar refractivity (Wildman–Crippen MR) is 121 cm³/mol. The first-order valence-electron chi connectivity index (χ1n) is 10.1. The van der Waals surface area contributed by atoms with Gasteiger partial charge in [-0.25, -0.2) is 4.98 Å². The molecule has 1 N–H and O–H groups in total. The molecule has 0 fully saturated rings. The number of aromatic nitrogens is 3. The number of fused-ring (bicyclic) bond motifs is 3. The molecule has 0 aliphatic heterocycles. The van der Waals surface area contributed by atoms with Crippen LogP contribution in [0.5, 0.6) is 0 Å². The summed E-state index contributed by atoms with van der Waals surface area (Å²) < 4.78 is 1.67. The zero-order chi connectivity index (χ0) is 20.5. The van der Waals surface area contributed by atoms with Crippen molar-refractivity contribution in [2.24, 2.45) is 0 Å². The number of aryl methyl sites for hydroxylation is 1. The van der Waals surface area contributed by atoms with E-state index in [-0.39, 0.29) is 5.56 Å². The minimum absolute atomic E-state index is 0.0330. The quantitative estimate of drug-likeness (QED) is 0.509. The normalized spacial score (nSPS) is 16.0. The summed E-state index contributed by atoms with van der Waals surface area (Å²) in [6.07, 6.45) is 6.20. The molecule has 0 unspecified atom stereocenters. The van der Waals surface area contributed by atoms with Crippen LogP contribution in [0.3, 0.4) is 0 Å². The Morgan fingerprint density at radius 2 is 2.03 bits per heavy atom. The molecule has 1 aliphatic carbocycles. The number of nitrogens with zero attached hydrogens (tertiary/aromatic N) is 3. The third kappa shape index (κ3) is 3.78. The molecular weight excluding hydrogens is 416 g/mol. The molecule has 3 aromatic heterocycles. The summed E-state index contributed by atoms with van der Waals surface area (Å²) in [5.41, 5.74) is 3.18. The molecule has 1 atom stereocenters. The maximum atomic E-state index is 13.2. The monoisotopic (exact) mass is 436 g/mol. The SMILES string of the molecule is O=c1c2c3c(sc2ncn1Cc1ccccn1)C[C@H](NCc1ccccc1Cl)CC3. The third-order valence-electron chi connectivity index (χ3n) is 5.63. The van der Waals surface area contributed by atoms with Gasteiger partial charge in [-0.15, -0.1) is 11.3 Å². The van der Waals surface area contributed by atoms with Crippen LogP contribution in [0.25, 0.3) is 10.2 Å². The van der Waals surface area contributed by atoms with Crippen molar-refractivity contribution in [2.75, 3.05) is 0 Å². The van der Waals surface area contributed by atoms with Crippen LogP contribution in [-0.2, 0) is 25.9 Å². The third-order valence-corrected chi connectivity index (χ3v) is 7.16. The van der Waals surface area contributed by atoms with Crippen LogP contribution in [0.15, 0.2) is 59.8 Å². The average Bonchev–Trinajstić information content (AvgIpc) is 3.14. The van der Waals surface area contributed by atoms with Gasteiger partial charge in [-0.2, -0.15) is 0 Å². The van der Waals surface area contributed by atoms with E-state index in [1.807, 2.05) is 36.4 Å². The van der Waals surface area contributed by atoms with E-state index in [9.17, 15) is 4.79 Å². The van der Waals surface area contributed by atoms with E-state index >= 15 is 0 Å². The van der Waals surface area contributed by atoms with Crippen molar-refractivity contribution >= 4 is 33.2 Å². The van der Waals surface area contributed by atoms with Crippen molar-refractivity contribution in [2.45, 2.75) is 38.4 Å². The number of halogens is 1. The number of hydrogen-bond donors (Lipinski definition) is 1. The first-order valence-corrected chi connectivity index (χ1v) is 11.2. The zero-order valence-corrected chi connectivity index (χ0v) is 17.9. The number of nitrogens with one attached hydrogen (secondary N) is 1. The molecule has 0 bridgehead atoms. The summed E-state index contributed by atoms with van der Waals surface area (Å²) in [5.74, 6) is 0. The van der Waals surface area contributed by atoms with Crippen LogP contribution in [0.4, 0.5) is 0 Å². The van der Waals surface area contributed by atoms with Gasteiger partial charge in [0.25, 0.3) is 5.56 Å². The van der Waals surface area contributed by atoms with Gasteiger partial charge in [0.15, 0.2) is 0 Å². The van der Waals surface area contributed by atoms with E-state index in [0.29, 0.717) is 12.6 Å². The number of thiophene rings is 1. The number of hydrogen-bond acceptors (Lipinski definition) is 5. The lowest BCUT2D eigenvalue weighted by atomic mass is 9.93. The molecule has 0 radical (unpaired) electrons. The standard InChI is InChI=1S/C23H21ClN4OS/c24-19-7-2-1-5-15(19)12-26-16-8-9-18-20(11-16)30-22-21(18)23(29)28(14-27-22)13-17-6-3-4-10-25-17/h1-7,10,14,16,26H,8-9,11-13H2/t16-/m1/s1. The number of pyridine rings is 1. The van der Waals surface area contributed by atoms with E-state index in [2.05, 4.69) is 21.4 Å². The Kier molecular flexibility index (Phi) is 5.37. The molecule has 1 aromatic carbocycles. The van der Waals surface area contributed by atoms with Gasteiger partial charge >= 0.3 is 0 Å². The van der Waals surface area contributed by atoms with Gasteiger partial charge < -0.3 is 5.32 Å². The van der Waals surface area contributed by atoms with Gasteiger partial charge in [0.1, 0.15) is 4.83 Å². The molecule has 1 aliphatic rings. The zero-order valence-electron chi connectivity index (χ0n) is 16.3. The van der Waals surface area contributed by atoms with Crippen molar-refractivity contribution in [3.63, 3.8) is 0 Å². The number of benzene rings is 1. The summed E-state index contributed by atoms with van der Waals surface area (Å²) in [7, 11) is 0. The summed E-state index contributed by atoms with van der Waals surface area (Å²) in [4.78, 5) is 24.2. The second-order valence-corrected chi connectivity index (χ2v) is 9.09. The van der Waals surface area contributed by atoms with Gasteiger partial charge in [0.2, 0.25) is 0 Å². The van der Waals surface area contributed by atoms with E-state index in [1.165, 1.54) is 10.4 Å². The fraction of sp³-hybridized carbons (Fsp3) is 0.261. The van der Waals surface area contributed by atoms with E-state index in [0.717, 1.165) is 52.3 Å². The summed E-state index contributed by atoms with van der Waals surface area (Å²) >= 11 is 7.93. The van der Waals surface area contributed by atoms with Crippen molar-refractivity contribution in [3.8, 4) is 0 Å². The molecular formula is C23H21ClN4OS. The molecule has 4 aromatic rings. The minimum atomic E-state index is 0.0330. The van der Waals surface area contributed by atoms with Gasteiger partial charge in [-0.1, -0.05) is 35.9 Å². The van der Waals surface area contributed by atoms with Crippen LogP contribution in [0, 0.1) is 0 Å². The van der Waals surface area contributed by atoms with Crippen molar-refractivity contribution in [1.82, 2.24) is 19.9 Å². The van der Waals surface area contributed by atoms with Gasteiger partial charge in [0.05, 0.1) is 24.0 Å². The Bertz CT molecular complexity index is 1250. The highest BCUT2D eigenvalue weighted by Gasteiger charge is 2.25. The van der Waals surface area contributed by atoms with Crippen molar-refractivity contribution in [1.29, 1.82) is 0 Å². The molecule has 3 heterocycles. The Balaban J connectivity index is 1.37. The Labute approximate surface area is 183 Å². The van der Waals surface area contributed by atoms with Gasteiger partial charge in [-0.05, 0) is 48.6 Å². The van der Waals surface area contributed by atoms with Gasteiger partial charge in [0, 0.05) is 28.7 Å². The first-order chi connectivity index (χ1) is 14.7. The molecule has 5 nitrogen and oxygen atoms in total. The van der Waals surface area contributed by atoms with Gasteiger partial charge in [-0.3, -0.25) is 14.3 Å². The molecule has 0 saturated carbocycles. The topological polar surface area (TPSA) is 59.8 Å². The van der Waals surface area contributed by atoms with Crippen LogP contribution in [0.1, 0.15) is 28.1 Å². The average molecular weight is 437 g/mol. The lowest BCUT2D eigenvalue weighted by Gasteiger charge is -2.23. The fourth-order valence-corrected chi connectivity index (χ4v) is 5.51. The Morgan fingerprint density at radius 3 is 2.87 bits per heavy atom. The van der Waals surface area contributed by atoms with E-state index in [4.69, 9.17) is 11.6 Å². The lowest BCUT2D eigenvalue weighted by Crippen LogP contribution is -2.34. The summed E-state index contributed by atoms with van der Waals surface area (Å²) in [6, 6.07) is 14.0. The molecule has 7 heteroatoms. The Hall–Kier alpha value is -2.54. The predicted octanol–water partition coefficient (Wildman–Crippen LogP) is 4.20. The van der Waals surface area contributed by atoms with Crippen molar-refractivity contribution in [3.05, 3.63) is 92.1 Å². The first kappa shape index (κ1) is 19.4. The molecule has 0 saturated heterocycles. The van der Waals surface area contributed by atoms with Crippen LogP contribution in [-0.4, -0.2) is 20.6 Å². The molecule has 152 valence electrons. The second kappa shape index (κ2) is 8.30. The molecule has 0 amide bonds. The number of rotatable bonds is 5. The smallest absolute Gasteiger partial charge is 0.262 e. The highest BCUT2D eigenvalue weighted by atomic mass is 35.5. The van der Waals surface area contributed by atoms with Crippen LogP contribution < -0.4 is 10.9 Å². The maximum Gasteiger partial charge on any atom is 0.262 e. The Morgan fingerprint density at radius 1 is 1.17 bits per heavy atom. The molecule has 0 spiro atoms.